The van der Waals surface area contributed by atoms with Crippen LogP contribution in [0.3, 0.4) is 0 Å². The predicted molar refractivity (Wildman–Crippen MR) is 77.9 cm³/mol. The largest absolute Gasteiger partial charge is 0.354 e. The number of carbonyl (C=O) groups is 1. The highest BCUT2D eigenvalue weighted by Crippen LogP contribution is 2.19. The summed E-state index contributed by atoms with van der Waals surface area (Å²) in [5, 5.41) is 7.20. The van der Waals surface area contributed by atoms with E-state index in [0.717, 1.165) is 26.1 Å². The van der Waals surface area contributed by atoms with E-state index < -0.39 is 0 Å². The molecule has 0 aromatic carbocycles. The number of nitrogens with two attached hydrogens (primary N) is 1. The molecule has 0 aliphatic carbocycles. The second-order valence-electron chi connectivity index (χ2n) is 5.49. The first-order valence-corrected chi connectivity index (χ1v) is 7.37. The Kier molecular flexibility index (Phi) is 5.55. The van der Waals surface area contributed by atoms with Gasteiger partial charge < -0.3 is 11.1 Å². The molecule has 2 rings (SSSR count). The van der Waals surface area contributed by atoms with Gasteiger partial charge in [0.2, 0.25) is 5.91 Å². The molecule has 1 unspecified atom stereocenters. The second-order valence-corrected chi connectivity index (χ2v) is 5.49. The molecular weight excluding hydrogens is 254 g/mol. The van der Waals surface area contributed by atoms with E-state index in [1.165, 1.54) is 18.4 Å². The average Bonchev–Trinajstić information content (AvgIpc) is 2.83. The molecule has 1 aliphatic heterocycles. The zero-order valence-electron chi connectivity index (χ0n) is 12.2. The van der Waals surface area contributed by atoms with Gasteiger partial charge in [-0.15, -0.1) is 0 Å². The van der Waals surface area contributed by atoms with Crippen LogP contribution >= 0.6 is 0 Å². The van der Waals surface area contributed by atoms with Crippen molar-refractivity contribution in [2.75, 3.05) is 19.6 Å². The van der Waals surface area contributed by atoms with Gasteiger partial charge in [-0.25, -0.2) is 0 Å². The summed E-state index contributed by atoms with van der Waals surface area (Å²) in [6.45, 7) is 3.13. The van der Waals surface area contributed by atoms with Crippen LogP contribution in [-0.4, -0.2) is 46.3 Å². The van der Waals surface area contributed by atoms with E-state index in [-0.39, 0.29) is 5.91 Å². The molecule has 1 aliphatic rings. The zero-order valence-corrected chi connectivity index (χ0v) is 12.2. The summed E-state index contributed by atoms with van der Waals surface area (Å²) in [6, 6.07) is 0.422. The fourth-order valence-electron chi connectivity index (χ4n) is 2.74. The van der Waals surface area contributed by atoms with Crippen LogP contribution < -0.4 is 11.1 Å². The van der Waals surface area contributed by atoms with E-state index in [1.807, 2.05) is 17.9 Å². The van der Waals surface area contributed by atoms with Gasteiger partial charge in [-0.2, -0.15) is 5.10 Å². The highest BCUT2D eigenvalue weighted by molar-refractivity contribution is 5.76. The molecule has 0 spiro atoms. The van der Waals surface area contributed by atoms with Gasteiger partial charge in [0, 0.05) is 50.9 Å². The van der Waals surface area contributed by atoms with E-state index >= 15 is 0 Å². The molecule has 1 amide bonds. The normalized spacial score (nSPS) is 20.0. The number of hydrogen-bond acceptors (Lipinski definition) is 4. The fraction of sp³-hybridized carbons (Fsp3) is 0.714. The number of nitrogens with zero attached hydrogens (tertiary/aromatic N) is 3. The molecule has 0 saturated carbocycles. The molecule has 1 atom stereocenters. The van der Waals surface area contributed by atoms with Gasteiger partial charge in [0.05, 0.1) is 6.20 Å². The van der Waals surface area contributed by atoms with Crippen molar-refractivity contribution in [3.8, 4) is 0 Å². The van der Waals surface area contributed by atoms with E-state index in [0.29, 0.717) is 19.0 Å². The molecule has 1 aromatic rings. The van der Waals surface area contributed by atoms with E-state index in [2.05, 4.69) is 21.5 Å². The van der Waals surface area contributed by atoms with Crippen molar-refractivity contribution in [1.29, 1.82) is 0 Å². The molecule has 20 heavy (non-hydrogen) atoms. The van der Waals surface area contributed by atoms with Gasteiger partial charge in [-0.05, 0) is 19.4 Å². The summed E-state index contributed by atoms with van der Waals surface area (Å²) in [7, 11) is 1.93. The van der Waals surface area contributed by atoms with E-state index in [4.69, 9.17) is 5.73 Å². The van der Waals surface area contributed by atoms with Gasteiger partial charge in [0.1, 0.15) is 0 Å². The molecule has 1 aromatic heterocycles. The van der Waals surface area contributed by atoms with Crippen molar-refractivity contribution in [2.45, 2.75) is 38.3 Å². The number of hydrogen-bond donors (Lipinski definition) is 2. The van der Waals surface area contributed by atoms with Crippen LogP contribution in [0.5, 0.6) is 0 Å². The van der Waals surface area contributed by atoms with E-state index in [9.17, 15) is 4.79 Å². The van der Waals surface area contributed by atoms with Gasteiger partial charge in [0.25, 0.3) is 0 Å². The summed E-state index contributed by atoms with van der Waals surface area (Å²) in [6.07, 6.45) is 7.99. The number of aryl methyl sites for hydroxylation is 1. The lowest BCUT2D eigenvalue weighted by Gasteiger charge is -2.35. The van der Waals surface area contributed by atoms with Crippen molar-refractivity contribution < 1.29 is 4.79 Å². The summed E-state index contributed by atoms with van der Waals surface area (Å²) in [5.41, 5.74) is 6.62. The minimum atomic E-state index is 0.0550. The number of amides is 1. The van der Waals surface area contributed by atoms with Gasteiger partial charge in [-0.3, -0.25) is 14.4 Å². The Balaban J connectivity index is 1.86. The molecule has 2 heterocycles. The van der Waals surface area contributed by atoms with Crippen LogP contribution in [0.15, 0.2) is 12.4 Å². The molecular formula is C14H25N5O. The Hall–Kier alpha value is -1.40. The Morgan fingerprint density at radius 2 is 2.40 bits per heavy atom. The summed E-state index contributed by atoms with van der Waals surface area (Å²) < 4.78 is 1.83. The average molecular weight is 279 g/mol. The van der Waals surface area contributed by atoms with Crippen molar-refractivity contribution in [3.05, 3.63) is 18.0 Å². The molecule has 6 nitrogen and oxygen atoms in total. The number of aromatic nitrogens is 2. The quantitative estimate of drug-likeness (QED) is 0.782. The lowest BCUT2D eigenvalue weighted by molar-refractivity contribution is -0.121. The molecule has 1 saturated heterocycles. The van der Waals surface area contributed by atoms with Crippen LogP contribution in [0.4, 0.5) is 0 Å². The topological polar surface area (TPSA) is 76.2 Å². The number of nitrogens with one attached hydrogen (secondary N) is 1. The highest BCUT2D eigenvalue weighted by atomic mass is 16.1. The monoisotopic (exact) mass is 279 g/mol. The van der Waals surface area contributed by atoms with Gasteiger partial charge in [-0.1, -0.05) is 6.42 Å². The predicted octanol–water partition coefficient (Wildman–Crippen LogP) is 0.240. The maximum absolute atomic E-state index is 11.5. The third kappa shape index (κ3) is 4.31. The standard InChI is InChI=1S/C14H25N5O/c1-18-10-12(8-17-18)11-19-7-3-2-4-13(19)9-16-14(20)5-6-15/h8,10,13H,2-7,9,11,15H2,1H3,(H,16,20). The smallest absolute Gasteiger partial charge is 0.221 e. The van der Waals surface area contributed by atoms with Crippen molar-refractivity contribution >= 4 is 5.91 Å². The Morgan fingerprint density at radius 3 is 3.10 bits per heavy atom. The third-order valence-corrected chi connectivity index (χ3v) is 3.80. The van der Waals surface area contributed by atoms with Crippen LogP contribution in [0.1, 0.15) is 31.2 Å². The third-order valence-electron chi connectivity index (χ3n) is 3.80. The minimum absolute atomic E-state index is 0.0550. The molecule has 112 valence electrons. The zero-order chi connectivity index (χ0) is 14.4. The summed E-state index contributed by atoms with van der Waals surface area (Å²) in [5.74, 6) is 0.0550. The summed E-state index contributed by atoms with van der Waals surface area (Å²) in [4.78, 5) is 14.0. The Bertz CT molecular complexity index is 431. The van der Waals surface area contributed by atoms with Crippen LogP contribution in [0.25, 0.3) is 0 Å². The SMILES string of the molecule is Cn1cc(CN2CCCCC2CNC(=O)CCN)cn1. The number of likely N-dealkylation sites (tertiary alicyclic amines) is 1. The molecule has 0 radical (unpaired) electrons. The highest BCUT2D eigenvalue weighted by Gasteiger charge is 2.23. The van der Waals surface area contributed by atoms with E-state index in [1.54, 1.807) is 0 Å². The van der Waals surface area contributed by atoms with Crippen molar-refractivity contribution in [1.82, 2.24) is 20.0 Å². The molecule has 0 bridgehead atoms. The first kappa shape index (κ1) is 15.0. The Labute approximate surface area is 120 Å². The van der Waals surface area contributed by atoms with Crippen LogP contribution in [0, 0.1) is 0 Å². The lowest BCUT2D eigenvalue weighted by Crippen LogP contribution is -2.46. The number of carbonyl (C=O) groups excluding carboxylic acids is 1. The maximum Gasteiger partial charge on any atom is 0.221 e. The Morgan fingerprint density at radius 1 is 1.55 bits per heavy atom. The number of piperidine rings is 1. The summed E-state index contributed by atoms with van der Waals surface area (Å²) >= 11 is 0. The van der Waals surface area contributed by atoms with Gasteiger partial charge in [0.15, 0.2) is 0 Å². The van der Waals surface area contributed by atoms with Gasteiger partial charge >= 0.3 is 0 Å². The van der Waals surface area contributed by atoms with Crippen LogP contribution in [0.2, 0.25) is 0 Å². The first-order chi connectivity index (χ1) is 9.69. The molecule has 3 N–H and O–H groups in total. The number of rotatable bonds is 6. The fourth-order valence-corrected chi connectivity index (χ4v) is 2.74. The lowest BCUT2D eigenvalue weighted by atomic mass is 10.0. The maximum atomic E-state index is 11.5. The molecule has 1 fully saturated rings. The second kappa shape index (κ2) is 7.40. The first-order valence-electron chi connectivity index (χ1n) is 7.37. The molecule has 6 heteroatoms. The van der Waals surface area contributed by atoms with Crippen molar-refractivity contribution in [2.24, 2.45) is 12.8 Å². The minimum Gasteiger partial charge on any atom is -0.354 e. The van der Waals surface area contributed by atoms with Crippen molar-refractivity contribution in [3.63, 3.8) is 0 Å². The van der Waals surface area contributed by atoms with Crippen LogP contribution in [-0.2, 0) is 18.4 Å².